The second-order valence-electron chi connectivity index (χ2n) is 46.0. The van der Waals surface area contributed by atoms with Crippen molar-refractivity contribution >= 4 is 86.6 Å². The van der Waals surface area contributed by atoms with Gasteiger partial charge in [-0.25, -0.2) is 44.3 Å². The minimum Gasteiger partial charge on any atom is -0.497 e. The van der Waals surface area contributed by atoms with Crippen molar-refractivity contribution in [3.8, 4) is 34.9 Å². The molecule has 15 rings (SSSR count). The molecular weight excluding hydrogens is 1900 g/mol. The molecule has 1 N–H and O–H groups in total. The molecule has 146 heavy (non-hydrogen) atoms. The number of methoxy groups -OCH3 is 3. The van der Waals surface area contributed by atoms with Crippen LogP contribution in [0.25, 0.3) is 33.1 Å². The van der Waals surface area contributed by atoms with E-state index in [9.17, 15) is 48.3 Å². The summed E-state index contributed by atoms with van der Waals surface area (Å²) in [6.45, 7) is 37.6. The maximum atomic E-state index is 16.2. The number of hydrogen-bond acceptors (Lipinski definition) is 26. The molecule has 6 aliphatic heterocycles. The number of carbonyl (C=O) groups excluding carboxylic acids is 8. The second-order valence-corrected chi connectivity index (χ2v) is 46.0. The number of aliphatic carboxylic acids is 1. The topological polar surface area (TPSA) is 362 Å². The third-order valence-electron chi connectivity index (χ3n) is 29.8. The first-order valence-corrected chi connectivity index (χ1v) is 50.3. The lowest BCUT2D eigenvalue weighted by Crippen LogP contribution is -2.50. The van der Waals surface area contributed by atoms with Gasteiger partial charge in [-0.1, -0.05) is 124 Å². The van der Waals surface area contributed by atoms with Crippen molar-refractivity contribution in [2.24, 2.45) is 69.5 Å². The fraction of sp³-hybridized carbons (Fsp3) is 0.682. The first kappa shape index (κ1) is 117. The number of alkyl halides is 6. The van der Waals surface area contributed by atoms with Crippen LogP contribution in [0.3, 0.4) is 0 Å². The van der Waals surface area contributed by atoms with Gasteiger partial charge in [0.15, 0.2) is 17.1 Å². The summed E-state index contributed by atoms with van der Waals surface area (Å²) in [4.78, 5) is 154. The molecular formula is C110H155F6N9O21. The zero-order valence-corrected chi connectivity index (χ0v) is 87.0. The first-order chi connectivity index (χ1) is 66.6. The summed E-state index contributed by atoms with van der Waals surface area (Å²) in [5, 5.41) is 10.3. The molecule has 0 radical (unpaired) electrons. The fourth-order valence-corrected chi connectivity index (χ4v) is 21.1. The molecule has 18 atom stereocenters. The Morgan fingerprint density at radius 3 is 1.01 bits per heavy atom. The fourth-order valence-electron chi connectivity index (χ4n) is 21.1. The van der Waals surface area contributed by atoms with Crippen LogP contribution in [0.4, 0.5) is 26.3 Å². The molecule has 3 aliphatic carbocycles. The van der Waals surface area contributed by atoms with Crippen molar-refractivity contribution in [3.63, 3.8) is 0 Å². The van der Waals surface area contributed by atoms with E-state index in [4.69, 9.17) is 52.1 Å². The monoisotopic (exact) mass is 2050 g/mol. The van der Waals surface area contributed by atoms with E-state index in [0.717, 1.165) is 6.08 Å². The maximum absolute atomic E-state index is 16.2. The molecule has 9 heterocycles. The van der Waals surface area contributed by atoms with Gasteiger partial charge in [-0.3, -0.25) is 28.8 Å². The standard InChI is InChI=1S/C37H51F2N3O7.C37H49F2N3O7.C33H43F2N3O7.3CH4/c2*1-10-23-27-20-42(29(23)33(45)49-35(5,6)7)32(44)24(34(2,3)4)18-28(43)48-36(8)19-21(36)13-11-12-16-37(38,39)30-31(47-27)41-26-17-22(46-9)14-15-25(26)40-30;1-7-20-24-17-38(26(20)30(41)42)29(40)21(31(2,3)4)15-25(39)45-32(5)16-18(32)10-8-9-13-33(34,35)27-28(44-24)37-23-14-19(43-6)11-12-22(23)36-27;;;/h14-15,17,21,23-24,27,29H,10-13,16,18-20H2,1-9H3;12,14-17,21,23-24,27,29H,10-11,13,18-20H2,1-9H3;11-12,14,18,20-21,24,26H,7-10,13,15-17H2,1-6H3,(H,41,42);3*1H4/b;16-12+;;;;/t21-,23-,24-,27+,29+,36-;21-,23+,24+,27-,29-,36-;18-,20-,21-,24+,26+,32-;;;/m101.../s1. The summed E-state index contributed by atoms with van der Waals surface area (Å²) in [7, 11) is 4.46. The highest BCUT2D eigenvalue weighted by molar-refractivity contribution is 5.93. The number of rotatable bonds is 9. The van der Waals surface area contributed by atoms with Crippen LogP contribution in [0, 0.1) is 69.5 Å². The summed E-state index contributed by atoms with van der Waals surface area (Å²) >= 11 is 0. The summed E-state index contributed by atoms with van der Waals surface area (Å²) in [5.74, 6) is -20.1. The Morgan fingerprint density at radius 1 is 0.418 bits per heavy atom. The molecule has 6 bridgehead atoms. The third kappa shape index (κ3) is 26.5. The van der Waals surface area contributed by atoms with E-state index in [0.29, 0.717) is 93.4 Å². The number of carbonyl (C=O) groups is 9. The molecule has 36 heteroatoms. The van der Waals surface area contributed by atoms with Crippen molar-refractivity contribution < 1.29 is 127 Å². The van der Waals surface area contributed by atoms with Crippen LogP contribution >= 0.6 is 0 Å². The number of ether oxygens (including phenoxy) is 11. The maximum Gasteiger partial charge on any atom is 0.329 e. The summed E-state index contributed by atoms with van der Waals surface area (Å²) in [6.07, 6.45) is 4.25. The number of benzene rings is 3. The van der Waals surface area contributed by atoms with Crippen LogP contribution in [0.5, 0.6) is 34.9 Å². The van der Waals surface area contributed by atoms with Gasteiger partial charge in [0.1, 0.15) is 81.7 Å². The Hall–Kier alpha value is -11.0. The average Bonchev–Trinajstić information content (AvgIpc) is 1.59. The van der Waals surface area contributed by atoms with Crippen LogP contribution in [0.2, 0.25) is 0 Å². The second kappa shape index (κ2) is 44.4. The molecule has 3 aromatic heterocycles. The van der Waals surface area contributed by atoms with Gasteiger partial charge < -0.3 is 71.9 Å². The van der Waals surface area contributed by atoms with Crippen molar-refractivity contribution in [2.75, 3.05) is 41.0 Å². The highest BCUT2D eigenvalue weighted by atomic mass is 19.3. The molecule has 6 fully saturated rings. The predicted octanol–water partition coefficient (Wildman–Crippen LogP) is 21.4. The number of allylic oxidation sites excluding steroid dienone is 2. The number of halogens is 6. The lowest BCUT2D eigenvalue weighted by Gasteiger charge is -2.35. The van der Waals surface area contributed by atoms with Gasteiger partial charge in [0.25, 0.3) is 11.8 Å². The number of nitrogens with zero attached hydrogens (tertiary/aromatic N) is 9. The van der Waals surface area contributed by atoms with Crippen molar-refractivity contribution in [1.29, 1.82) is 0 Å². The smallest absolute Gasteiger partial charge is 0.329 e. The molecule has 0 unspecified atom stereocenters. The van der Waals surface area contributed by atoms with Gasteiger partial charge in [0.05, 0.1) is 111 Å². The Balaban J connectivity index is 0.000000222. The third-order valence-corrected chi connectivity index (χ3v) is 29.8. The molecule has 0 spiro atoms. The van der Waals surface area contributed by atoms with Gasteiger partial charge in [-0.2, -0.15) is 26.3 Å². The van der Waals surface area contributed by atoms with Gasteiger partial charge in [0, 0.05) is 66.5 Å². The molecule has 6 aromatic rings. The molecule has 3 amide bonds. The Kier molecular flexibility index (Phi) is 35.6. The summed E-state index contributed by atoms with van der Waals surface area (Å²) < 4.78 is 161. The largest absolute Gasteiger partial charge is 0.497 e. The molecule has 9 aliphatic rings. The lowest BCUT2D eigenvalue weighted by molar-refractivity contribution is -0.168. The minimum atomic E-state index is -3.57. The lowest BCUT2D eigenvalue weighted by atomic mass is 9.77. The van der Waals surface area contributed by atoms with E-state index in [1.807, 2.05) is 96.9 Å². The highest BCUT2D eigenvalue weighted by Crippen LogP contribution is 2.56. The van der Waals surface area contributed by atoms with E-state index < -0.39 is 229 Å². The summed E-state index contributed by atoms with van der Waals surface area (Å²) in [6, 6.07) is 10.8. The van der Waals surface area contributed by atoms with E-state index in [-0.39, 0.29) is 132 Å². The Bertz CT molecular complexity index is 5790. The average molecular weight is 2050 g/mol. The number of esters is 5. The van der Waals surface area contributed by atoms with E-state index in [1.54, 1.807) is 103 Å². The van der Waals surface area contributed by atoms with Crippen LogP contribution in [0.15, 0.2) is 66.7 Å². The minimum absolute atomic E-state index is 0. The number of carboxylic acid groups (broad SMARTS) is 1. The molecule has 3 saturated heterocycles. The van der Waals surface area contributed by atoms with E-state index in [2.05, 4.69) is 29.9 Å². The van der Waals surface area contributed by atoms with Gasteiger partial charge in [-0.05, 0) is 198 Å². The molecule has 30 nitrogen and oxygen atoms in total. The first-order valence-electron chi connectivity index (χ1n) is 50.3. The zero-order valence-electron chi connectivity index (χ0n) is 87.0. The SMILES string of the molecule is C.C.C.CC[C@@H]1[C@@H]2CN(C(=O)[C@H](C(C)(C)C)CC(=O)O[C@@]3(C)C[C@@H]3CC/C=C/C(F)(F)c3nc4ccc(OC)cc4nc3O2)[C@@H]1C(=O)OC(C)(C)C.CC[C@@H]1[C@@H]2CN(C(=O)[C@H](C(C)(C)C)CC(=O)O[C@]3(C)C[C@H]3CCCCC(F)(F)c3nc4ccc(OC)cc4nc3O2)[C@@H]1C(=O)O.CC[C@@H]1[C@@H]2CN(C(=O)[C@H](C(C)(C)C)CC(=O)O[C@]3(C)C[C@H]3CCCCC(F)(F)c3nc4ccc(OC)cc4nc3O2)[C@@H]1C(=O)OC(C)(C)C. The van der Waals surface area contributed by atoms with Crippen molar-refractivity contribution in [1.82, 2.24) is 44.6 Å². The zero-order chi connectivity index (χ0) is 105. The number of carboxylic acids is 1. The quantitative estimate of drug-likeness (QED) is 0.0608. The Morgan fingerprint density at radius 2 is 0.712 bits per heavy atom. The number of hydrogen-bond donors (Lipinski definition) is 1. The molecule has 3 saturated carbocycles. The van der Waals surface area contributed by atoms with Crippen molar-refractivity contribution in [3.05, 3.63) is 83.8 Å². The normalized spacial score (nSPS) is 29.4. The number of aromatic nitrogens is 6. The summed E-state index contributed by atoms with van der Waals surface area (Å²) in [5.41, 5.74) is -6.26. The predicted molar refractivity (Wildman–Crippen MR) is 536 cm³/mol. The molecule has 808 valence electrons. The van der Waals surface area contributed by atoms with Gasteiger partial charge in [-0.15, -0.1) is 0 Å². The number of amides is 3. The van der Waals surface area contributed by atoms with Gasteiger partial charge in [0.2, 0.25) is 35.4 Å². The Labute approximate surface area is 854 Å². The van der Waals surface area contributed by atoms with Gasteiger partial charge >= 0.3 is 41.7 Å². The highest BCUT2D eigenvalue weighted by Gasteiger charge is 2.61. The van der Waals surface area contributed by atoms with Crippen LogP contribution in [0.1, 0.15) is 307 Å². The van der Waals surface area contributed by atoms with E-state index >= 15 is 26.3 Å². The molecule has 3 aromatic carbocycles. The van der Waals surface area contributed by atoms with Crippen LogP contribution in [-0.2, 0) is 84.6 Å². The van der Waals surface area contributed by atoms with E-state index in [1.165, 1.54) is 42.1 Å². The van der Waals surface area contributed by atoms with Crippen molar-refractivity contribution in [2.45, 2.75) is 372 Å². The van der Waals surface area contributed by atoms with Crippen LogP contribution < -0.4 is 28.4 Å². The van der Waals surface area contributed by atoms with Crippen LogP contribution in [-0.4, -0.2) is 209 Å². The number of fused-ring (bicyclic) bond motifs is 15.